The van der Waals surface area contributed by atoms with Crippen LogP contribution in [0.2, 0.25) is 0 Å². The second kappa shape index (κ2) is 6.90. The Bertz CT molecular complexity index is 163. The summed E-state index contributed by atoms with van der Waals surface area (Å²) in [7, 11) is 0. The summed E-state index contributed by atoms with van der Waals surface area (Å²) in [5.74, 6) is 0.405. The molecule has 0 aliphatic heterocycles. The average Bonchev–Trinajstić information content (AvgIpc) is 2.10. The molecule has 0 bridgehead atoms. The molecular weight excluding hydrogens is 144 g/mol. The van der Waals surface area contributed by atoms with Crippen LogP contribution in [0.3, 0.4) is 0 Å². The van der Waals surface area contributed by atoms with Gasteiger partial charge in [-0.3, -0.25) is 0 Å². The molecule has 0 saturated heterocycles. The third-order valence-electron chi connectivity index (χ3n) is 1.99. The standard InChI is InChI=1S/C12H20/c1-5-7-8-9-10-12(4)11(3)6-2/h6,9-11H,2,4-5,7-8H2,1,3H3/b10-9-. The Morgan fingerprint density at radius 1 is 1.50 bits per heavy atom. The van der Waals surface area contributed by atoms with Gasteiger partial charge < -0.3 is 0 Å². The summed E-state index contributed by atoms with van der Waals surface area (Å²) in [4.78, 5) is 0. The van der Waals surface area contributed by atoms with E-state index in [0.717, 1.165) is 5.57 Å². The van der Waals surface area contributed by atoms with Gasteiger partial charge >= 0.3 is 0 Å². The Labute approximate surface area is 76.7 Å². The minimum Gasteiger partial charge on any atom is -0.102 e. The Morgan fingerprint density at radius 2 is 2.17 bits per heavy atom. The van der Waals surface area contributed by atoms with Crippen LogP contribution in [0.25, 0.3) is 0 Å². The summed E-state index contributed by atoms with van der Waals surface area (Å²) in [6.45, 7) is 12.0. The maximum absolute atomic E-state index is 3.97. The molecule has 12 heavy (non-hydrogen) atoms. The molecule has 0 spiro atoms. The van der Waals surface area contributed by atoms with Crippen molar-refractivity contribution in [2.45, 2.75) is 33.1 Å². The maximum atomic E-state index is 3.97. The molecular formula is C12H20. The molecule has 0 nitrogen and oxygen atoms in total. The number of hydrogen-bond donors (Lipinski definition) is 0. The van der Waals surface area contributed by atoms with E-state index in [0.29, 0.717) is 5.92 Å². The zero-order valence-corrected chi connectivity index (χ0v) is 8.34. The van der Waals surface area contributed by atoms with Crippen molar-refractivity contribution in [1.29, 1.82) is 0 Å². The molecule has 0 saturated carbocycles. The van der Waals surface area contributed by atoms with Gasteiger partial charge in [0.15, 0.2) is 0 Å². The zero-order valence-electron chi connectivity index (χ0n) is 8.34. The van der Waals surface area contributed by atoms with Crippen molar-refractivity contribution in [1.82, 2.24) is 0 Å². The fourth-order valence-electron chi connectivity index (χ4n) is 0.860. The molecule has 0 heteroatoms. The van der Waals surface area contributed by atoms with E-state index in [2.05, 4.69) is 39.2 Å². The first-order valence-electron chi connectivity index (χ1n) is 4.70. The van der Waals surface area contributed by atoms with E-state index >= 15 is 0 Å². The van der Waals surface area contributed by atoms with E-state index in [-0.39, 0.29) is 0 Å². The molecule has 0 N–H and O–H groups in total. The maximum Gasteiger partial charge on any atom is -0.00191 e. The van der Waals surface area contributed by atoms with E-state index in [9.17, 15) is 0 Å². The molecule has 0 heterocycles. The molecule has 0 amide bonds. The molecule has 0 radical (unpaired) electrons. The third-order valence-corrected chi connectivity index (χ3v) is 1.99. The van der Waals surface area contributed by atoms with Crippen molar-refractivity contribution < 1.29 is 0 Å². The zero-order chi connectivity index (χ0) is 9.40. The van der Waals surface area contributed by atoms with E-state index in [4.69, 9.17) is 0 Å². The lowest BCUT2D eigenvalue weighted by Crippen LogP contribution is -1.89. The second-order valence-electron chi connectivity index (χ2n) is 3.14. The quantitative estimate of drug-likeness (QED) is 0.315. The lowest BCUT2D eigenvalue weighted by Gasteiger charge is -2.03. The van der Waals surface area contributed by atoms with Crippen molar-refractivity contribution >= 4 is 0 Å². The van der Waals surface area contributed by atoms with Crippen LogP contribution in [-0.4, -0.2) is 0 Å². The van der Waals surface area contributed by atoms with Crippen LogP contribution < -0.4 is 0 Å². The Balaban J connectivity index is 3.67. The van der Waals surface area contributed by atoms with E-state index < -0.39 is 0 Å². The topological polar surface area (TPSA) is 0 Å². The van der Waals surface area contributed by atoms with Crippen LogP contribution in [0.1, 0.15) is 33.1 Å². The lowest BCUT2D eigenvalue weighted by molar-refractivity contribution is 0.812. The largest absolute Gasteiger partial charge is 0.102 e. The average molecular weight is 164 g/mol. The molecule has 0 aliphatic carbocycles. The predicted molar refractivity (Wildman–Crippen MR) is 57.2 cm³/mol. The highest BCUT2D eigenvalue weighted by Crippen LogP contribution is 2.10. The first kappa shape index (κ1) is 11.2. The van der Waals surface area contributed by atoms with Crippen molar-refractivity contribution in [2.75, 3.05) is 0 Å². The molecule has 68 valence electrons. The van der Waals surface area contributed by atoms with Crippen LogP contribution in [0.4, 0.5) is 0 Å². The smallest absolute Gasteiger partial charge is 0.00191 e. The number of rotatable bonds is 6. The van der Waals surface area contributed by atoms with Gasteiger partial charge in [0.1, 0.15) is 0 Å². The van der Waals surface area contributed by atoms with Gasteiger partial charge in [0.05, 0.1) is 0 Å². The molecule has 0 aromatic rings. The first-order valence-corrected chi connectivity index (χ1v) is 4.70. The van der Waals surface area contributed by atoms with Gasteiger partial charge in [0.25, 0.3) is 0 Å². The van der Waals surface area contributed by atoms with E-state index in [1.165, 1.54) is 19.3 Å². The second-order valence-corrected chi connectivity index (χ2v) is 3.14. The highest BCUT2D eigenvalue weighted by atomic mass is 14.0. The summed E-state index contributed by atoms with van der Waals surface area (Å²) >= 11 is 0. The molecule has 0 rings (SSSR count). The predicted octanol–water partition coefficient (Wildman–Crippen LogP) is 4.11. The summed E-state index contributed by atoms with van der Waals surface area (Å²) < 4.78 is 0. The molecule has 0 fully saturated rings. The molecule has 1 atom stereocenters. The lowest BCUT2D eigenvalue weighted by atomic mass is 10.0. The van der Waals surface area contributed by atoms with Crippen LogP contribution in [0.5, 0.6) is 0 Å². The Hall–Kier alpha value is -0.780. The normalized spacial score (nSPS) is 13.2. The minimum atomic E-state index is 0.405. The van der Waals surface area contributed by atoms with Gasteiger partial charge in [-0.15, -0.1) is 6.58 Å². The highest BCUT2D eigenvalue weighted by molar-refractivity contribution is 5.20. The molecule has 0 aromatic heterocycles. The van der Waals surface area contributed by atoms with Gasteiger partial charge in [0.2, 0.25) is 0 Å². The fourth-order valence-corrected chi connectivity index (χ4v) is 0.860. The minimum absolute atomic E-state index is 0.405. The number of hydrogen-bond acceptors (Lipinski definition) is 0. The van der Waals surface area contributed by atoms with Crippen LogP contribution in [0.15, 0.2) is 37.0 Å². The molecule has 1 unspecified atom stereocenters. The highest BCUT2D eigenvalue weighted by Gasteiger charge is 1.95. The number of unbranched alkanes of at least 4 members (excludes halogenated alkanes) is 2. The molecule has 0 aromatic carbocycles. The summed E-state index contributed by atoms with van der Waals surface area (Å²) in [6.07, 6.45) is 9.93. The van der Waals surface area contributed by atoms with E-state index in [1.54, 1.807) is 0 Å². The SMILES string of the molecule is C=CC(C)C(=C)/C=C\CCCC. The van der Waals surface area contributed by atoms with Crippen LogP contribution >= 0.6 is 0 Å². The van der Waals surface area contributed by atoms with Crippen molar-refractivity contribution in [2.24, 2.45) is 5.92 Å². The third kappa shape index (κ3) is 4.95. The summed E-state index contributed by atoms with van der Waals surface area (Å²) in [6, 6.07) is 0. The van der Waals surface area contributed by atoms with Crippen molar-refractivity contribution in [3.8, 4) is 0 Å². The van der Waals surface area contributed by atoms with Crippen molar-refractivity contribution in [3.05, 3.63) is 37.0 Å². The van der Waals surface area contributed by atoms with Crippen molar-refractivity contribution in [3.63, 3.8) is 0 Å². The molecule has 0 aliphatic rings. The Kier molecular flexibility index (Phi) is 6.45. The Morgan fingerprint density at radius 3 is 2.67 bits per heavy atom. The first-order chi connectivity index (χ1) is 5.72. The monoisotopic (exact) mass is 164 g/mol. The van der Waals surface area contributed by atoms with Gasteiger partial charge in [-0.05, 0) is 17.9 Å². The van der Waals surface area contributed by atoms with Crippen LogP contribution in [-0.2, 0) is 0 Å². The van der Waals surface area contributed by atoms with Gasteiger partial charge in [-0.2, -0.15) is 0 Å². The van der Waals surface area contributed by atoms with Gasteiger partial charge in [-0.25, -0.2) is 0 Å². The van der Waals surface area contributed by atoms with Gasteiger partial charge in [0, 0.05) is 0 Å². The summed E-state index contributed by atoms with van der Waals surface area (Å²) in [5, 5.41) is 0. The summed E-state index contributed by atoms with van der Waals surface area (Å²) in [5.41, 5.74) is 1.15. The number of allylic oxidation sites excluding steroid dienone is 4. The van der Waals surface area contributed by atoms with Gasteiger partial charge in [-0.1, -0.05) is 51.5 Å². The van der Waals surface area contributed by atoms with Crippen LogP contribution in [0, 0.1) is 5.92 Å². The van der Waals surface area contributed by atoms with E-state index in [1.807, 2.05) is 6.08 Å². The fraction of sp³-hybridized carbons (Fsp3) is 0.500.